The number of nitrogens with one attached hydrogen (secondary N) is 2. The number of carboxylic acid groups (broad SMARTS) is 1. The number of hydrogen-bond donors (Lipinski definition) is 3. The number of carboxylic acids is 1. The van der Waals surface area contributed by atoms with Crippen LogP contribution in [0.2, 0.25) is 0 Å². The second-order valence-corrected chi connectivity index (χ2v) is 6.00. The van der Waals surface area contributed by atoms with Gasteiger partial charge in [-0.1, -0.05) is 13.8 Å². The van der Waals surface area contributed by atoms with Crippen LogP contribution in [0, 0.1) is 17.8 Å². The minimum atomic E-state index is -0.895. The van der Waals surface area contributed by atoms with E-state index in [4.69, 9.17) is 5.11 Å². The van der Waals surface area contributed by atoms with Gasteiger partial charge in [-0.25, -0.2) is 4.79 Å². The predicted octanol–water partition coefficient (Wildman–Crippen LogP) is 2.22. The highest BCUT2D eigenvalue weighted by Gasteiger charge is 2.26. The molecular weight excluding hydrogens is 244 g/mol. The van der Waals surface area contributed by atoms with Gasteiger partial charge in [-0.3, -0.25) is 4.79 Å². The van der Waals surface area contributed by atoms with E-state index in [1.165, 1.54) is 0 Å². The van der Waals surface area contributed by atoms with E-state index in [0.717, 1.165) is 19.3 Å². The van der Waals surface area contributed by atoms with Crippen LogP contribution in [0.3, 0.4) is 0 Å². The third-order valence-corrected chi connectivity index (χ3v) is 4.43. The fourth-order valence-corrected chi connectivity index (χ4v) is 2.45. The molecule has 0 aromatic carbocycles. The van der Waals surface area contributed by atoms with Crippen molar-refractivity contribution in [3.8, 4) is 0 Å². The standard InChI is InChI=1S/C14H26N2O3/c1-8-5-6-12(7-9(8)2)16-14(19)15-11(4)10(3)13(17)18/h8-12H,5-7H2,1-4H3,(H,17,18)(H2,15,16,19). The van der Waals surface area contributed by atoms with Crippen LogP contribution in [-0.2, 0) is 4.79 Å². The van der Waals surface area contributed by atoms with Crippen molar-refractivity contribution < 1.29 is 14.7 Å². The van der Waals surface area contributed by atoms with E-state index in [9.17, 15) is 9.59 Å². The summed E-state index contributed by atoms with van der Waals surface area (Å²) in [5.41, 5.74) is 0. The van der Waals surface area contributed by atoms with E-state index < -0.39 is 11.9 Å². The molecule has 1 fully saturated rings. The molecule has 1 aliphatic rings. The summed E-state index contributed by atoms with van der Waals surface area (Å²) in [4.78, 5) is 22.6. The first kappa shape index (κ1) is 15.8. The van der Waals surface area contributed by atoms with Gasteiger partial charge in [0.25, 0.3) is 0 Å². The fourth-order valence-electron chi connectivity index (χ4n) is 2.45. The monoisotopic (exact) mass is 270 g/mol. The zero-order chi connectivity index (χ0) is 14.6. The molecule has 0 radical (unpaired) electrons. The highest BCUT2D eigenvalue weighted by molar-refractivity contribution is 5.76. The molecule has 3 N–H and O–H groups in total. The number of carbonyl (C=O) groups is 2. The topological polar surface area (TPSA) is 78.4 Å². The van der Waals surface area contributed by atoms with E-state index in [1.54, 1.807) is 13.8 Å². The lowest BCUT2D eigenvalue weighted by molar-refractivity contribution is -0.141. The van der Waals surface area contributed by atoms with Gasteiger partial charge in [0.1, 0.15) is 0 Å². The SMILES string of the molecule is CC1CCC(NC(=O)NC(C)C(C)C(=O)O)CC1C. The summed E-state index contributed by atoms with van der Waals surface area (Å²) in [7, 11) is 0. The highest BCUT2D eigenvalue weighted by Crippen LogP contribution is 2.29. The Hall–Kier alpha value is -1.26. The van der Waals surface area contributed by atoms with E-state index in [1.807, 2.05) is 0 Å². The maximum Gasteiger partial charge on any atom is 0.315 e. The lowest BCUT2D eigenvalue weighted by atomic mass is 9.79. The zero-order valence-corrected chi connectivity index (χ0v) is 12.3. The molecule has 0 aliphatic heterocycles. The van der Waals surface area contributed by atoms with E-state index in [2.05, 4.69) is 24.5 Å². The summed E-state index contributed by atoms with van der Waals surface area (Å²) in [6, 6.07) is -0.427. The maximum atomic E-state index is 11.8. The first-order valence-electron chi connectivity index (χ1n) is 7.11. The van der Waals surface area contributed by atoms with E-state index >= 15 is 0 Å². The van der Waals surface area contributed by atoms with Crippen LogP contribution in [0.25, 0.3) is 0 Å². The van der Waals surface area contributed by atoms with Crippen molar-refractivity contribution in [1.82, 2.24) is 10.6 Å². The number of urea groups is 1. The minimum Gasteiger partial charge on any atom is -0.481 e. The Balaban J connectivity index is 2.37. The molecule has 0 heterocycles. The van der Waals surface area contributed by atoms with Crippen LogP contribution in [0.5, 0.6) is 0 Å². The largest absolute Gasteiger partial charge is 0.481 e. The maximum absolute atomic E-state index is 11.8. The molecule has 19 heavy (non-hydrogen) atoms. The molecule has 0 aromatic heterocycles. The van der Waals surface area contributed by atoms with E-state index in [-0.39, 0.29) is 18.1 Å². The first-order chi connectivity index (χ1) is 8.81. The average Bonchev–Trinajstić information content (AvgIpc) is 2.32. The molecule has 1 aliphatic carbocycles. The lowest BCUT2D eigenvalue weighted by Gasteiger charge is -2.32. The van der Waals surface area contributed by atoms with Gasteiger partial charge in [0, 0.05) is 12.1 Å². The predicted molar refractivity (Wildman–Crippen MR) is 73.9 cm³/mol. The van der Waals surface area contributed by atoms with Crippen molar-refractivity contribution in [2.75, 3.05) is 0 Å². The summed E-state index contributed by atoms with van der Waals surface area (Å²) in [5, 5.41) is 14.5. The fraction of sp³-hybridized carbons (Fsp3) is 0.857. The van der Waals surface area contributed by atoms with Crippen LogP contribution in [0.1, 0.15) is 47.0 Å². The van der Waals surface area contributed by atoms with Gasteiger partial charge in [0.15, 0.2) is 0 Å². The van der Waals surface area contributed by atoms with Crippen molar-refractivity contribution in [2.45, 2.75) is 59.0 Å². The summed E-state index contributed by atoms with van der Waals surface area (Å²) >= 11 is 0. The summed E-state index contributed by atoms with van der Waals surface area (Å²) in [6.07, 6.45) is 3.13. The van der Waals surface area contributed by atoms with Crippen molar-refractivity contribution in [2.24, 2.45) is 17.8 Å². The number of amides is 2. The molecule has 0 saturated heterocycles. The molecule has 110 valence electrons. The number of rotatable bonds is 4. The normalized spacial score (nSPS) is 30.2. The van der Waals surface area contributed by atoms with Gasteiger partial charge in [0.2, 0.25) is 0 Å². The highest BCUT2D eigenvalue weighted by atomic mass is 16.4. The Labute approximate surface area is 115 Å². The van der Waals surface area contributed by atoms with Gasteiger partial charge in [-0.2, -0.15) is 0 Å². The van der Waals surface area contributed by atoms with Crippen LogP contribution in [0.15, 0.2) is 0 Å². The molecule has 0 spiro atoms. The van der Waals surface area contributed by atoms with Gasteiger partial charge < -0.3 is 15.7 Å². The van der Waals surface area contributed by atoms with Crippen LogP contribution < -0.4 is 10.6 Å². The second-order valence-electron chi connectivity index (χ2n) is 6.00. The third kappa shape index (κ3) is 4.73. The molecule has 1 saturated carbocycles. The molecular formula is C14H26N2O3. The lowest BCUT2D eigenvalue weighted by Crippen LogP contribution is -2.49. The summed E-state index contributed by atoms with van der Waals surface area (Å²) < 4.78 is 0. The average molecular weight is 270 g/mol. The number of aliphatic carboxylic acids is 1. The Kier molecular flexibility index (Phi) is 5.63. The minimum absolute atomic E-state index is 0.207. The molecule has 5 heteroatoms. The molecule has 1 rings (SSSR count). The van der Waals surface area contributed by atoms with Gasteiger partial charge >= 0.3 is 12.0 Å². The third-order valence-electron chi connectivity index (χ3n) is 4.43. The Bertz CT molecular complexity index is 333. The van der Waals surface area contributed by atoms with Crippen LogP contribution >= 0.6 is 0 Å². The molecule has 5 unspecified atom stereocenters. The second kappa shape index (κ2) is 6.78. The Morgan fingerprint density at radius 1 is 1.16 bits per heavy atom. The van der Waals surface area contributed by atoms with Gasteiger partial charge in [-0.15, -0.1) is 0 Å². The number of hydrogen-bond acceptors (Lipinski definition) is 2. The van der Waals surface area contributed by atoms with Crippen molar-refractivity contribution >= 4 is 12.0 Å². The number of carbonyl (C=O) groups excluding carboxylic acids is 1. The van der Waals surface area contributed by atoms with Crippen LogP contribution in [0.4, 0.5) is 4.79 Å². The van der Waals surface area contributed by atoms with Crippen molar-refractivity contribution in [3.05, 3.63) is 0 Å². The van der Waals surface area contributed by atoms with Gasteiger partial charge in [-0.05, 0) is 44.9 Å². The van der Waals surface area contributed by atoms with Crippen LogP contribution in [-0.4, -0.2) is 29.2 Å². The van der Waals surface area contributed by atoms with Gasteiger partial charge in [0.05, 0.1) is 5.92 Å². The molecule has 5 nitrogen and oxygen atoms in total. The summed E-state index contributed by atoms with van der Waals surface area (Å²) in [5.74, 6) is -0.148. The Morgan fingerprint density at radius 3 is 2.32 bits per heavy atom. The van der Waals surface area contributed by atoms with Crippen molar-refractivity contribution in [1.29, 1.82) is 0 Å². The zero-order valence-electron chi connectivity index (χ0n) is 12.3. The molecule has 0 bridgehead atoms. The quantitative estimate of drug-likeness (QED) is 0.733. The first-order valence-corrected chi connectivity index (χ1v) is 7.11. The van der Waals surface area contributed by atoms with Crippen molar-refractivity contribution in [3.63, 3.8) is 0 Å². The smallest absolute Gasteiger partial charge is 0.315 e. The van der Waals surface area contributed by atoms with E-state index in [0.29, 0.717) is 11.8 Å². The molecule has 5 atom stereocenters. The summed E-state index contributed by atoms with van der Waals surface area (Å²) in [6.45, 7) is 7.77. The molecule has 2 amide bonds. The molecule has 0 aromatic rings. The Morgan fingerprint density at radius 2 is 1.79 bits per heavy atom.